The van der Waals surface area contributed by atoms with Crippen molar-refractivity contribution < 1.29 is 8.78 Å². The van der Waals surface area contributed by atoms with Gasteiger partial charge in [0.25, 0.3) is 5.54 Å². The molecule has 0 aromatic carbocycles. The highest BCUT2D eigenvalue weighted by Gasteiger charge is 2.51. The Labute approximate surface area is 174 Å². The second-order valence-corrected chi connectivity index (χ2v) is 6.98. The lowest BCUT2D eigenvalue weighted by Crippen LogP contribution is -2.34. The van der Waals surface area contributed by atoms with E-state index < -0.39 is 17.2 Å². The van der Waals surface area contributed by atoms with E-state index in [9.17, 15) is 8.78 Å². The highest BCUT2D eigenvalue weighted by Crippen LogP contribution is 2.47. The molecule has 0 spiro atoms. The number of nitrogens with zero attached hydrogens (tertiary/aromatic N) is 4. The minimum Gasteiger partial charge on any atom is -0.303 e. The smallest absolute Gasteiger partial charge is 0.284 e. The van der Waals surface area contributed by atoms with Gasteiger partial charge in [-0.15, -0.1) is 0 Å². The van der Waals surface area contributed by atoms with Crippen LogP contribution in [-0.4, -0.2) is 9.97 Å². The lowest BCUT2D eigenvalue weighted by molar-refractivity contribution is 0.383. The van der Waals surface area contributed by atoms with Crippen LogP contribution in [0.4, 0.5) is 8.78 Å². The molecule has 0 bridgehead atoms. The molecule has 7 heteroatoms. The van der Waals surface area contributed by atoms with Crippen molar-refractivity contribution in [3.8, 4) is 6.07 Å². The monoisotopic (exact) mass is 411 g/mol. The number of hydrogen-bond acceptors (Lipinski definition) is 3. The summed E-state index contributed by atoms with van der Waals surface area (Å²) in [5.41, 5.74) is 1.59. The third kappa shape index (κ3) is 5.63. The lowest BCUT2D eigenvalue weighted by atomic mass is 9.71. The molecule has 2 aliphatic rings. The van der Waals surface area contributed by atoms with Gasteiger partial charge in [0.15, 0.2) is 22.5 Å². The first-order valence-electron chi connectivity index (χ1n) is 8.66. The van der Waals surface area contributed by atoms with E-state index in [1.165, 1.54) is 36.7 Å². The van der Waals surface area contributed by atoms with E-state index in [0.717, 1.165) is 17.6 Å². The van der Waals surface area contributed by atoms with Crippen LogP contribution in [0.3, 0.4) is 0 Å². The molecule has 0 radical (unpaired) electrons. The van der Waals surface area contributed by atoms with E-state index in [1.807, 2.05) is 6.42 Å². The first kappa shape index (κ1) is 22.1. The van der Waals surface area contributed by atoms with Crippen LogP contribution in [0.15, 0.2) is 61.0 Å². The zero-order valence-electron chi connectivity index (χ0n) is 15.6. The predicted molar refractivity (Wildman–Crippen MR) is 107 cm³/mol. The van der Waals surface area contributed by atoms with Gasteiger partial charge in [0.2, 0.25) is 0 Å². The number of allylic oxidation sites excluding steroid dienone is 1. The summed E-state index contributed by atoms with van der Waals surface area (Å²) in [6.45, 7) is 14.5. The highest BCUT2D eigenvalue weighted by molar-refractivity contribution is 6.29. The standard InChI is InChI=1S/C11H9FN2.C6H6N.C5H3ClFN/c1-8-6-11(7-8,13-2)10-9(12)4-3-5-14-10;1-5-2-6(3-5)4-7;6-5-4(7)2-1-3-8-5/h3-5H,1,6-7H2;2,6H,1,3H2;1-3H/q;+1;. The number of halogens is 3. The molecule has 4 nitrogen and oxygen atoms in total. The average Bonchev–Trinajstić information content (AvgIpc) is 2.67. The Bertz CT molecular complexity index is 954. The molecule has 0 saturated heterocycles. The van der Waals surface area contributed by atoms with Crippen LogP contribution in [0.2, 0.25) is 5.15 Å². The summed E-state index contributed by atoms with van der Waals surface area (Å²) < 4.78 is 25.5. The normalized spacial score (nSPS) is 18.0. The minimum atomic E-state index is -0.775. The van der Waals surface area contributed by atoms with Crippen LogP contribution in [0.5, 0.6) is 0 Å². The summed E-state index contributed by atoms with van der Waals surface area (Å²) in [4.78, 5) is 10.9. The third-order valence-electron chi connectivity index (χ3n) is 4.30. The SMILES string of the molecule is C=C1[CH+]C(C#N)C1.Fc1cccnc1Cl.[C-]#[N+]C1(c2ncccc2F)CC(=C)C1. The van der Waals surface area contributed by atoms with Crippen molar-refractivity contribution in [1.29, 1.82) is 5.26 Å². The minimum absolute atomic E-state index is 0.0764. The van der Waals surface area contributed by atoms with Crippen molar-refractivity contribution >= 4 is 11.6 Å². The Morgan fingerprint density at radius 1 is 1.21 bits per heavy atom. The molecule has 2 fully saturated rings. The number of aromatic nitrogens is 2. The van der Waals surface area contributed by atoms with E-state index in [0.29, 0.717) is 12.8 Å². The Morgan fingerprint density at radius 2 is 1.79 bits per heavy atom. The van der Waals surface area contributed by atoms with Gasteiger partial charge >= 0.3 is 0 Å². The first-order chi connectivity index (χ1) is 13.8. The molecule has 2 aromatic heterocycles. The highest BCUT2D eigenvalue weighted by atomic mass is 35.5. The predicted octanol–water partition coefficient (Wildman–Crippen LogP) is 5.85. The number of pyridine rings is 2. The maximum Gasteiger partial charge on any atom is 0.284 e. The fourth-order valence-electron chi connectivity index (χ4n) is 2.79. The molecule has 2 heterocycles. The molecular weight excluding hydrogens is 394 g/mol. The van der Waals surface area contributed by atoms with Gasteiger partial charge in [-0.1, -0.05) is 23.8 Å². The Hall–Kier alpha value is -3.22. The van der Waals surface area contributed by atoms with Gasteiger partial charge in [-0.3, -0.25) is 0 Å². The van der Waals surface area contributed by atoms with Crippen molar-refractivity contribution in [2.24, 2.45) is 5.92 Å². The average molecular weight is 412 g/mol. The molecule has 146 valence electrons. The maximum atomic E-state index is 13.4. The van der Waals surface area contributed by atoms with E-state index in [-0.39, 0.29) is 16.8 Å². The van der Waals surface area contributed by atoms with Crippen molar-refractivity contribution in [2.45, 2.75) is 24.8 Å². The van der Waals surface area contributed by atoms with E-state index >= 15 is 0 Å². The van der Waals surface area contributed by atoms with Crippen molar-refractivity contribution in [3.63, 3.8) is 0 Å². The molecule has 1 atom stereocenters. The van der Waals surface area contributed by atoms with E-state index in [2.05, 4.69) is 34.0 Å². The van der Waals surface area contributed by atoms with Gasteiger partial charge in [0, 0.05) is 25.4 Å². The number of hydrogen-bond donors (Lipinski definition) is 0. The summed E-state index contributed by atoms with van der Waals surface area (Å²) in [5, 5.41) is 8.11. The van der Waals surface area contributed by atoms with E-state index in [4.69, 9.17) is 23.4 Å². The molecule has 2 saturated carbocycles. The van der Waals surface area contributed by atoms with Crippen LogP contribution < -0.4 is 0 Å². The molecule has 2 aromatic rings. The van der Waals surface area contributed by atoms with Gasteiger partial charge < -0.3 is 4.85 Å². The van der Waals surface area contributed by atoms with Crippen LogP contribution >= 0.6 is 11.6 Å². The second kappa shape index (κ2) is 9.82. The summed E-state index contributed by atoms with van der Waals surface area (Å²) in [7, 11) is 0. The second-order valence-electron chi connectivity index (χ2n) is 6.62. The van der Waals surface area contributed by atoms with Gasteiger partial charge in [0.1, 0.15) is 11.5 Å². The van der Waals surface area contributed by atoms with Gasteiger partial charge in [-0.05, 0) is 24.3 Å². The number of nitriles is 1. The first-order valence-corrected chi connectivity index (χ1v) is 9.03. The largest absolute Gasteiger partial charge is 0.303 e. The molecule has 0 N–H and O–H groups in total. The van der Waals surface area contributed by atoms with Crippen molar-refractivity contribution in [3.05, 3.63) is 101 Å². The molecule has 0 amide bonds. The van der Waals surface area contributed by atoms with E-state index in [1.54, 1.807) is 0 Å². The van der Waals surface area contributed by atoms with Crippen LogP contribution in [0.25, 0.3) is 4.85 Å². The molecular formula is C22H18ClF2N4+. The van der Waals surface area contributed by atoms with Crippen LogP contribution in [0, 0.1) is 41.9 Å². The Kier molecular flexibility index (Phi) is 7.47. The van der Waals surface area contributed by atoms with Crippen LogP contribution in [0.1, 0.15) is 25.0 Å². The number of rotatable bonds is 1. The fraction of sp³-hybridized carbons (Fsp3) is 0.227. The van der Waals surface area contributed by atoms with Crippen molar-refractivity contribution in [1.82, 2.24) is 9.97 Å². The molecule has 1 unspecified atom stereocenters. The molecule has 2 aliphatic carbocycles. The lowest BCUT2D eigenvalue weighted by Gasteiger charge is -2.31. The fourth-order valence-corrected chi connectivity index (χ4v) is 2.91. The Morgan fingerprint density at radius 3 is 2.14 bits per heavy atom. The summed E-state index contributed by atoms with van der Waals surface area (Å²) in [6.07, 6.45) is 6.79. The summed E-state index contributed by atoms with van der Waals surface area (Å²) in [6, 6.07) is 7.74. The third-order valence-corrected chi connectivity index (χ3v) is 4.57. The zero-order chi connectivity index (χ0) is 21.4. The summed E-state index contributed by atoms with van der Waals surface area (Å²) >= 11 is 5.22. The van der Waals surface area contributed by atoms with Crippen molar-refractivity contribution in [2.75, 3.05) is 0 Å². The zero-order valence-corrected chi connectivity index (χ0v) is 16.3. The molecule has 0 aliphatic heterocycles. The topological polar surface area (TPSA) is 53.9 Å². The summed E-state index contributed by atoms with van der Waals surface area (Å²) in [5.74, 6) is -0.697. The van der Waals surface area contributed by atoms with Crippen LogP contribution in [-0.2, 0) is 5.54 Å². The Balaban J connectivity index is 0.000000170. The maximum absolute atomic E-state index is 13.4. The quantitative estimate of drug-likeness (QED) is 0.336. The van der Waals surface area contributed by atoms with Gasteiger partial charge in [-0.25, -0.2) is 25.3 Å². The van der Waals surface area contributed by atoms with Gasteiger partial charge in [0.05, 0.1) is 25.3 Å². The molecule has 4 rings (SSSR count). The molecule has 29 heavy (non-hydrogen) atoms. The van der Waals surface area contributed by atoms with Gasteiger partial charge in [-0.2, -0.15) is 5.26 Å².